The van der Waals surface area contributed by atoms with E-state index >= 15 is 0 Å². The van der Waals surface area contributed by atoms with Crippen molar-refractivity contribution in [1.82, 2.24) is 4.90 Å². The molecule has 0 spiro atoms. The molecule has 1 saturated heterocycles. The molecule has 17 heavy (non-hydrogen) atoms. The van der Waals surface area contributed by atoms with Gasteiger partial charge in [0.2, 0.25) is 0 Å². The van der Waals surface area contributed by atoms with Gasteiger partial charge in [-0.05, 0) is 42.6 Å². The third-order valence-electron chi connectivity index (χ3n) is 5.24. The van der Waals surface area contributed by atoms with E-state index in [2.05, 4.69) is 32.6 Å². The Morgan fingerprint density at radius 3 is 2.47 bits per heavy atom. The van der Waals surface area contributed by atoms with Crippen LogP contribution in [0.3, 0.4) is 0 Å². The van der Waals surface area contributed by atoms with Crippen molar-refractivity contribution in [2.24, 2.45) is 22.5 Å². The Morgan fingerprint density at radius 1 is 1.29 bits per heavy atom. The zero-order chi connectivity index (χ0) is 12.7. The molecule has 3 unspecified atom stereocenters. The summed E-state index contributed by atoms with van der Waals surface area (Å²) in [5, 5.41) is 0. The third-order valence-corrected chi connectivity index (χ3v) is 5.24. The lowest BCUT2D eigenvalue weighted by Crippen LogP contribution is -2.43. The Morgan fingerprint density at radius 2 is 2.00 bits per heavy atom. The maximum Gasteiger partial charge on any atom is 0.0105 e. The van der Waals surface area contributed by atoms with Crippen LogP contribution in [0, 0.1) is 16.7 Å². The molecule has 1 aliphatic heterocycles. The number of nitrogens with zero attached hydrogens (tertiary/aromatic N) is 1. The van der Waals surface area contributed by atoms with Crippen LogP contribution in [0.5, 0.6) is 0 Å². The highest BCUT2D eigenvalue weighted by Gasteiger charge is 2.40. The highest BCUT2D eigenvalue weighted by molar-refractivity contribution is 4.95. The summed E-state index contributed by atoms with van der Waals surface area (Å²) in [5.41, 5.74) is 7.13. The molecule has 0 radical (unpaired) electrons. The fourth-order valence-corrected chi connectivity index (χ4v) is 3.65. The van der Waals surface area contributed by atoms with E-state index in [1.807, 2.05) is 0 Å². The predicted octanol–water partition coefficient (Wildman–Crippen LogP) is 2.87. The zero-order valence-corrected chi connectivity index (χ0v) is 12.1. The summed E-state index contributed by atoms with van der Waals surface area (Å²) in [6, 6.07) is 0.427. The van der Waals surface area contributed by atoms with Gasteiger partial charge in [-0.1, -0.05) is 34.1 Å². The second-order valence-electron chi connectivity index (χ2n) is 7.74. The van der Waals surface area contributed by atoms with Gasteiger partial charge in [0.1, 0.15) is 0 Å². The molecule has 2 N–H and O–H groups in total. The number of hydrogen-bond donors (Lipinski definition) is 1. The van der Waals surface area contributed by atoms with E-state index in [1.54, 1.807) is 0 Å². The lowest BCUT2D eigenvalue weighted by molar-refractivity contribution is 0.159. The summed E-state index contributed by atoms with van der Waals surface area (Å²) in [4.78, 5) is 2.67. The first-order chi connectivity index (χ1) is 7.81. The average molecular weight is 238 g/mol. The highest BCUT2D eigenvalue weighted by atomic mass is 15.2. The van der Waals surface area contributed by atoms with E-state index in [1.165, 1.54) is 45.3 Å². The molecule has 2 fully saturated rings. The number of nitrogens with two attached hydrogens (primary N) is 1. The maximum absolute atomic E-state index is 6.29. The van der Waals surface area contributed by atoms with Gasteiger partial charge in [0.05, 0.1) is 0 Å². The van der Waals surface area contributed by atoms with Crippen molar-refractivity contribution in [3.63, 3.8) is 0 Å². The third kappa shape index (κ3) is 2.85. The Labute approximate surface area is 107 Å². The molecule has 1 heterocycles. The minimum absolute atomic E-state index is 0.382. The lowest BCUT2D eigenvalue weighted by atomic mass is 9.80. The van der Waals surface area contributed by atoms with Gasteiger partial charge in [0.15, 0.2) is 0 Å². The summed E-state index contributed by atoms with van der Waals surface area (Å²) < 4.78 is 0. The van der Waals surface area contributed by atoms with Crippen LogP contribution in [0.2, 0.25) is 0 Å². The molecule has 0 bridgehead atoms. The molecule has 0 aromatic heterocycles. The Kier molecular flexibility index (Phi) is 3.57. The molecule has 2 heteroatoms. The summed E-state index contributed by atoms with van der Waals surface area (Å²) >= 11 is 0. The maximum atomic E-state index is 6.29. The number of hydrogen-bond acceptors (Lipinski definition) is 2. The van der Waals surface area contributed by atoms with Gasteiger partial charge in [0.25, 0.3) is 0 Å². The standard InChI is InChI=1S/C15H30N2/c1-14(2,3)12-7-9-17(10-12)11-15(4)8-5-6-13(15)16/h12-13H,5-11,16H2,1-4H3. The molecule has 1 saturated carbocycles. The molecular formula is C15H30N2. The molecular weight excluding hydrogens is 208 g/mol. The van der Waals surface area contributed by atoms with Gasteiger partial charge in [-0.2, -0.15) is 0 Å². The first-order valence-corrected chi connectivity index (χ1v) is 7.29. The molecule has 1 aliphatic carbocycles. The van der Waals surface area contributed by atoms with Crippen LogP contribution in [-0.2, 0) is 0 Å². The van der Waals surface area contributed by atoms with Gasteiger partial charge >= 0.3 is 0 Å². The fourth-order valence-electron chi connectivity index (χ4n) is 3.65. The van der Waals surface area contributed by atoms with Crippen LogP contribution < -0.4 is 5.73 Å². The monoisotopic (exact) mass is 238 g/mol. The number of rotatable bonds is 2. The summed E-state index contributed by atoms with van der Waals surface area (Å²) in [7, 11) is 0. The van der Waals surface area contributed by atoms with E-state index in [-0.39, 0.29) is 0 Å². The van der Waals surface area contributed by atoms with Crippen LogP contribution in [0.4, 0.5) is 0 Å². The largest absolute Gasteiger partial charge is 0.327 e. The first-order valence-electron chi connectivity index (χ1n) is 7.29. The second kappa shape index (κ2) is 4.55. The van der Waals surface area contributed by atoms with Gasteiger partial charge in [-0.15, -0.1) is 0 Å². The summed E-state index contributed by atoms with van der Waals surface area (Å²) in [6.45, 7) is 13.3. The Hall–Kier alpha value is -0.0800. The molecule has 100 valence electrons. The van der Waals surface area contributed by atoms with Crippen molar-refractivity contribution in [2.45, 2.75) is 59.4 Å². The first kappa shape index (κ1) is 13.4. The average Bonchev–Trinajstić information content (AvgIpc) is 2.75. The van der Waals surface area contributed by atoms with Gasteiger partial charge < -0.3 is 10.6 Å². The summed E-state index contributed by atoms with van der Waals surface area (Å²) in [6.07, 6.45) is 5.25. The molecule has 0 aromatic rings. The van der Waals surface area contributed by atoms with Crippen LogP contribution in [0.1, 0.15) is 53.4 Å². The van der Waals surface area contributed by atoms with E-state index in [0.717, 1.165) is 5.92 Å². The van der Waals surface area contributed by atoms with Gasteiger partial charge in [-0.3, -0.25) is 0 Å². The van der Waals surface area contributed by atoms with Crippen molar-refractivity contribution < 1.29 is 0 Å². The van der Waals surface area contributed by atoms with Crippen molar-refractivity contribution >= 4 is 0 Å². The quantitative estimate of drug-likeness (QED) is 0.801. The van der Waals surface area contributed by atoms with Gasteiger partial charge in [0, 0.05) is 19.1 Å². The predicted molar refractivity (Wildman–Crippen MR) is 73.9 cm³/mol. The van der Waals surface area contributed by atoms with Crippen LogP contribution in [0.15, 0.2) is 0 Å². The van der Waals surface area contributed by atoms with Crippen molar-refractivity contribution in [3.05, 3.63) is 0 Å². The van der Waals surface area contributed by atoms with Crippen LogP contribution >= 0.6 is 0 Å². The number of likely N-dealkylation sites (tertiary alicyclic amines) is 1. The minimum atomic E-state index is 0.382. The fraction of sp³-hybridized carbons (Fsp3) is 1.00. The molecule has 3 atom stereocenters. The van der Waals surface area contributed by atoms with Crippen LogP contribution in [-0.4, -0.2) is 30.6 Å². The van der Waals surface area contributed by atoms with E-state index in [0.29, 0.717) is 16.9 Å². The Balaban J connectivity index is 1.90. The van der Waals surface area contributed by atoms with Gasteiger partial charge in [-0.25, -0.2) is 0 Å². The topological polar surface area (TPSA) is 29.3 Å². The van der Waals surface area contributed by atoms with Crippen molar-refractivity contribution in [1.29, 1.82) is 0 Å². The molecule has 0 amide bonds. The summed E-state index contributed by atoms with van der Waals surface area (Å²) in [5.74, 6) is 0.865. The van der Waals surface area contributed by atoms with Crippen molar-refractivity contribution in [3.8, 4) is 0 Å². The van der Waals surface area contributed by atoms with E-state index in [4.69, 9.17) is 5.73 Å². The molecule has 0 aromatic carbocycles. The molecule has 2 aliphatic rings. The van der Waals surface area contributed by atoms with Crippen molar-refractivity contribution in [2.75, 3.05) is 19.6 Å². The SMILES string of the molecule is CC(C)(C)C1CCN(CC2(C)CCCC2N)C1. The van der Waals surface area contributed by atoms with E-state index in [9.17, 15) is 0 Å². The Bertz CT molecular complexity index is 269. The normalized spacial score (nSPS) is 40.1. The minimum Gasteiger partial charge on any atom is -0.327 e. The van der Waals surface area contributed by atoms with E-state index < -0.39 is 0 Å². The molecule has 2 rings (SSSR count). The second-order valence-corrected chi connectivity index (χ2v) is 7.74. The highest BCUT2D eigenvalue weighted by Crippen LogP contribution is 2.40. The zero-order valence-electron chi connectivity index (χ0n) is 12.1. The smallest absolute Gasteiger partial charge is 0.0105 e. The van der Waals surface area contributed by atoms with Crippen LogP contribution in [0.25, 0.3) is 0 Å². The lowest BCUT2D eigenvalue weighted by Gasteiger charge is -2.34. The molecule has 2 nitrogen and oxygen atoms in total.